The van der Waals surface area contributed by atoms with E-state index in [2.05, 4.69) is 36.9 Å². The highest BCUT2D eigenvalue weighted by atomic mass is 32.2. The first-order valence-corrected chi connectivity index (χ1v) is 15.5. The van der Waals surface area contributed by atoms with Gasteiger partial charge in [0.1, 0.15) is 11.5 Å². The molecule has 1 aliphatic carbocycles. The maximum atomic E-state index is 9.98. The molecule has 0 aliphatic heterocycles. The van der Waals surface area contributed by atoms with Gasteiger partial charge in [0.25, 0.3) is 0 Å². The molecule has 0 radical (unpaired) electrons. The number of fused-ring (bicyclic) bond motifs is 1. The molecule has 0 aromatic heterocycles. The average molecular weight is 497 g/mol. The lowest BCUT2D eigenvalue weighted by Gasteiger charge is -2.34. The highest BCUT2D eigenvalue weighted by molar-refractivity contribution is 7.99. The number of phenols is 2. The molecular formula is C32H48O2S. The van der Waals surface area contributed by atoms with Crippen molar-refractivity contribution in [2.45, 2.75) is 115 Å². The van der Waals surface area contributed by atoms with Crippen molar-refractivity contribution in [1.29, 1.82) is 0 Å². The molecule has 3 rings (SSSR count). The lowest BCUT2D eigenvalue weighted by Crippen LogP contribution is -2.19. The minimum absolute atomic E-state index is 0.340. The van der Waals surface area contributed by atoms with E-state index < -0.39 is 0 Å². The fraction of sp³-hybridized carbons (Fsp3) is 0.625. The minimum Gasteiger partial charge on any atom is -0.508 e. The van der Waals surface area contributed by atoms with E-state index in [-0.39, 0.29) is 0 Å². The van der Waals surface area contributed by atoms with Crippen molar-refractivity contribution in [2.75, 3.05) is 11.5 Å². The van der Waals surface area contributed by atoms with Crippen molar-refractivity contribution in [3.05, 3.63) is 59.2 Å². The summed E-state index contributed by atoms with van der Waals surface area (Å²) < 4.78 is 0. The van der Waals surface area contributed by atoms with E-state index in [1.54, 1.807) is 0 Å². The van der Waals surface area contributed by atoms with E-state index in [1.165, 1.54) is 112 Å². The zero-order valence-corrected chi connectivity index (χ0v) is 22.8. The highest BCUT2D eigenvalue weighted by Crippen LogP contribution is 2.46. The van der Waals surface area contributed by atoms with E-state index in [4.69, 9.17) is 0 Å². The van der Waals surface area contributed by atoms with Gasteiger partial charge in [0.15, 0.2) is 0 Å². The monoisotopic (exact) mass is 496 g/mol. The topological polar surface area (TPSA) is 40.5 Å². The van der Waals surface area contributed by atoms with Gasteiger partial charge in [0.2, 0.25) is 0 Å². The Hall–Kier alpha value is -1.61. The van der Waals surface area contributed by atoms with Crippen molar-refractivity contribution >= 4 is 11.8 Å². The first-order valence-electron chi connectivity index (χ1n) is 14.4. The molecule has 2 aromatic carbocycles. The van der Waals surface area contributed by atoms with E-state index in [9.17, 15) is 10.2 Å². The van der Waals surface area contributed by atoms with Crippen LogP contribution < -0.4 is 0 Å². The second-order valence-corrected chi connectivity index (χ2v) is 11.7. The smallest absolute Gasteiger partial charge is 0.115 e. The van der Waals surface area contributed by atoms with Crippen LogP contribution in [0.5, 0.6) is 11.5 Å². The maximum absolute atomic E-state index is 9.98. The molecule has 0 spiro atoms. The zero-order chi connectivity index (χ0) is 24.7. The summed E-state index contributed by atoms with van der Waals surface area (Å²) in [5.74, 6) is 4.44. The third kappa shape index (κ3) is 9.75. The number of aromatic hydroxyl groups is 2. The van der Waals surface area contributed by atoms with Crippen molar-refractivity contribution in [2.24, 2.45) is 0 Å². The van der Waals surface area contributed by atoms with Gasteiger partial charge in [-0.05, 0) is 96.4 Å². The number of hydrogen-bond donors (Lipinski definition) is 2. The van der Waals surface area contributed by atoms with Gasteiger partial charge in [0.05, 0.1) is 0 Å². The second kappa shape index (κ2) is 16.2. The zero-order valence-electron chi connectivity index (χ0n) is 22.0. The van der Waals surface area contributed by atoms with Crippen LogP contribution in [0.2, 0.25) is 0 Å². The predicted molar refractivity (Wildman–Crippen MR) is 153 cm³/mol. The van der Waals surface area contributed by atoms with Crippen molar-refractivity contribution < 1.29 is 10.2 Å². The lowest BCUT2D eigenvalue weighted by atomic mass is 9.70. The molecule has 2 aromatic rings. The summed E-state index contributed by atoms with van der Waals surface area (Å²) in [6.07, 6.45) is 19.8. The predicted octanol–water partition coefficient (Wildman–Crippen LogP) is 9.74. The number of thioether (sulfide) groups is 1. The molecule has 0 bridgehead atoms. The van der Waals surface area contributed by atoms with E-state index >= 15 is 0 Å². The number of rotatable bonds is 17. The van der Waals surface area contributed by atoms with Gasteiger partial charge in [-0.1, -0.05) is 89.3 Å². The Morgan fingerprint density at radius 3 is 2.00 bits per heavy atom. The first-order chi connectivity index (χ1) is 17.2. The van der Waals surface area contributed by atoms with E-state index in [0.717, 1.165) is 12.8 Å². The quantitative estimate of drug-likeness (QED) is 0.214. The van der Waals surface area contributed by atoms with Crippen LogP contribution in [-0.2, 0) is 6.42 Å². The first kappa shape index (κ1) is 28.0. The molecule has 1 aliphatic rings. The van der Waals surface area contributed by atoms with Gasteiger partial charge in [-0.3, -0.25) is 0 Å². The van der Waals surface area contributed by atoms with Crippen LogP contribution in [0.15, 0.2) is 42.5 Å². The minimum atomic E-state index is 0.340. The van der Waals surface area contributed by atoms with Crippen LogP contribution in [0.25, 0.3) is 0 Å². The molecule has 194 valence electrons. The van der Waals surface area contributed by atoms with Crippen LogP contribution >= 0.6 is 11.8 Å². The number of hydrogen-bond acceptors (Lipinski definition) is 3. The summed E-state index contributed by atoms with van der Waals surface area (Å²) in [6.45, 7) is 2.28. The second-order valence-electron chi connectivity index (χ2n) is 10.5. The molecular weight excluding hydrogens is 448 g/mol. The molecule has 35 heavy (non-hydrogen) atoms. The van der Waals surface area contributed by atoms with Crippen molar-refractivity contribution in [1.82, 2.24) is 0 Å². The molecule has 2 nitrogen and oxygen atoms in total. The average Bonchev–Trinajstić information content (AvgIpc) is 2.86. The van der Waals surface area contributed by atoms with Crippen LogP contribution in [0.4, 0.5) is 0 Å². The van der Waals surface area contributed by atoms with Crippen molar-refractivity contribution in [3.63, 3.8) is 0 Å². The SMILES string of the molecule is CCCCCCCSCCCCCCCCCC1c2ccc(O)cc2CCC1c1ccc(O)cc1. The van der Waals surface area contributed by atoms with Crippen LogP contribution in [0, 0.1) is 0 Å². The molecule has 0 saturated carbocycles. The summed E-state index contributed by atoms with van der Waals surface area (Å²) in [5, 5.41) is 19.7. The molecule has 2 atom stereocenters. The van der Waals surface area contributed by atoms with E-state index in [1.807, 2.05) is 24.3 Å². The fourth-order valence-electron chi connectivity index (χ4n) is 5.74. The lowest BCUT2D eigenvalue weighted by molar-refractivity contribution is 0.423. The van der Waals surface area contributed by atoms with Gasteiger partial charge in [-0.2, -0.15) is 11.8 Å². The van der Waals surface area contributed by atoms with Gasteiger partial charge in [0, 0.05) is 0 Å². The Balaban J connectivity index is 1.33. The number of benzene rings is 2. The molecule has 0 fully saturated rings. The summed E-state index contributed by atoms with van der Waals surface area (Å²) >= 11 is 2.16. The highest BCUT2D eigenvalue weighted by Gasteiger charge is 2.30. The largest absolute Gasteiger partial charge is 0.508 e. The molecule has 0 heterocycles. The number of phenolic OH excluding ortho intramolecular Hbond substituents is 2. The van der Waals surface area contributed by atoms with Crippen LogP contribution in [0.1, 0.15) is 125 Å². The third-order valence-corrected chi connectivity index (χ3v) is 8.91. The summed E-state index contributed by atoms with van der Waals surface area (Å²) in [6, 6.07) is 13.8. The summed E-state index contributed by atoms with van der Waals surface area (Å²) in [4.78, 5) is 0. The normalized spacial score (nSPS) is 17.4. The Morgan fingerprint density at radius 1 is 0.714 bits per heavy atom. The standard InChI is InChI=1S/C32H48O2S/c1-2-3-4-9-12-23-35-24-13-10-7-5-6-8-11-14-32-30(26-15-18-28(33)19-16-26)21-17-27-25-29(34)20-22-31(27)32/h15-16,18-20,22,25,30,32-34H,2-14,17,21,23-24H2,1H3. The molecule has 0 saturated heterocycles. The maximum Gasteiger partial charge on any atom is 0.115 e. The van der Waals surface area contributed by atoms with Gasteiger partial charge in [-0.15, -0.1) is 0 Å². The number of unbranched alkanes of at least 4 members (excludes halogenated alkanes) is 10. The Morgan fingerprint density at radius 2 is 1.31 bits per heavy atom. The summed E-state index contributed by atoms with van der Waals surface area (Å²) in [5.41, 5.74) is 4.09. The third-order valence-electron chi connectivity index (χ3n) is 7.75. The Bertz CT molecular complexity index is 832. The number of aryl methyl sites for hydroxylation is 1. The van der Waals surface area contributed by atoms with Gasteiger partial charge in [-0.25, -0.2) is 0 Å². The Labute approximate surface area is 218 Å². The molecule has 3 heteroatoms. The van der Waals surface area contributed by atoms with Crippen LogP contribution in [-0.4, -0.2) is 21.7 Å². The van der Waals surface area contributed by atoms with Crippen LogP contribution in [0.3, 0.4) is 0 Å². The fourth-order valence-corrected chi connectivity index (χ4v) is 6.76. The molecule has 2 N–H and O–H groups in total. The summed E-state index contributed by atoms with van der Waals surface area (Å²) in [7, 11) is 0. The van der Waals surface area contributed by atoms with Gasteiger partial charge >= 0.3 is 0 Å². The van der Waals surface area contributed by atoms with Gasteiger partial charge < -0.3 is 10.2 Å². The molecule has 2 unspecified atom stereocenters. The van der Waals surface area contributed by atoms with E-state index in [0.29, 0.717) is 23.3 Å². The Kier molecular flexibility index (Phi) is 12.9. The van der Waals surface area contributed by atoms with Crippen molar-refractivity contribution in [3.8, 4) is 11.5 Å². The molecule has 0 amide bonds.